The van der Waals surface area contributed by atoms with Gasteiger partial charge in [-0.05, 0) is 19.5 Å². The molecule has 52 heavy (non-hydrogen) atoms. The first-order valence-corrected chi connectivity index (χ1v) is 18.6. The van der Waals surface area contributed by atoms with Crippen molar-refractivity contribution in [3.05, 3.63) is 44.9 Å². The first-order valence-electron chi connectivity index (χ1n) is 18.6. The number of aliphatic hydroxyl groups excluding tert-OH is 4. The fourth-order valence-corrected chi connectivity index (χ4v) is 7.03. The Balaban J connectivity index is 1.44. The number of unbranched alkanes of at least 4 members (excludes halogenated alkanes) is 10. The molecule has 4 heterocycles. The van der Waals surface area contributed by atoms with Crippen LogP contribution in [0.1, 0.15) is 83.8 Å². The van der Waals surface area contributed by atoms with E-state index in [1.54, 1.807) is 18.0 Å². The third kappa shape index (κ3) is 10.1. The normalized spacial score (nSPS) is 30.4. The molecule has 0 bridgehead atoms. The Bertz CT molecular complexity index is 1450. The number of carbonyl (C=O) groups excluding carboxylic acids is 2. The van der Waals surface area contributed by atoms with Crippen LogP contribution >= 0.6 is 0 Å². The van der Waals surface area contributed by atoms with Crippen molar-refractivity contribution in [3.8, 4) is 0 Å². The number of likely N-dealkylation sites (N-methyl/N-ethyl adjacent to an activating group) is 2. The van der Waals surface area contributed by atoms with E-state index in [9.17, 15) is 39.6 Å². The molecule has 4 rings (SSSR count). The van der Waals surface area contributed by atoms with Crippen LogP contribution in [-0.2, 0) is 23.8 Å². The zero-order valence-corrected chi connectivity index (χ0v) is 30.5. The second-order valence-corrected chi connectivity index (χ2v) is 14.0. The Morgan fingerprint density at radius 1 is 0.942 bits per heavy atom. The summed E-state index contributed by atoms with van der Waals surface area (Å²) < 4.78 is 18.7. The van der Waals surface area contributed by atoms with Crippen LogP contribution in [0.25, 0.3) is 0 Å². The van der Waals surface area contributed by atoms with Gasteiger partial charge in [-0.1, -0.05) is 71.1 Å². The van der Waals surface area contributed by atoms with Gasteiger partial charge in [0.15, 0.2) is 12.5 Å². The minimum atomic E-state index is -1.75. The zero-order chi connectivity index (χ0) is 37.9. The number of nitrogens with zero attached hydrogens (tertiary/aromatic N) is 3. The van der Waals surface area contributed by atoms with Gasteiger partial charge in [0.2, 0.25) is 5.91 Å². The molecule has 0 aliphatic carbocycles. The van der Waals surface area contributed by atoms with Gasteiger partial charge in [-0.25, -0.2) is 4.79 Å². The molecule has 3 aliphatic rings. The summed E-state index contributed by atoms with van der Waals surface area (Å²) in [4.78, 5) is 56.6. The van der Waals surface area contributed by atoms with E-state index in [1.807, 2.05) is 0 Å². The maximum absolute atomic E-state index is 14.2. The quantitative estimate of drug-likeness (QED) is 0.0847. The Morgan fingerprint density at radius 2 is 1.58 bits per heavy atom. The number of nitrogens with one attached hydrogen (secondary N) is 2. The minimum Gasteiger partial charge on any atom is -0.387 e. The van der Waals surface area contributed by atoms with E-state index in [4.69, 9.17) is 19.9 Å². The summed E-state index contributed by atoms with van der Waals surface area (Å²) in [6.45, 7) is 2.56. The molecule has 0 unspecified atom stereocenters. The molecule has 294 valence electrons. The van der Waals surface area contributed by atoms with Crippen LogP contribution in [0.2, 0.25) is 0 Å². The molecule has 3 aliphatic heterocycles. The van der Waals surface area contributed by atoms with Crippen molar-refractivity contribution in [2.45, 2.75) is 139 Å². The number of carbonyl (C=O) groups is 2. The van der Waals surface area contributed by atoms with E-state index >= 15 is 0 Å². The van der Waals surface area contributed by atoms with Gasteiger partial charge in [-0.15, -0.1) is 0 Å². The monoisotopic (exact) mass is 738 g/mol. The largest absolute Gasteiger partial charge is 0.387 e. The number of aliphatic hydroxyl groups is 4. The van der Waals surface area contributed by atoms with Gasteiger partial charge in [0.05, 0.1) is 0 Å². The summed E-state index contributed by atoms with van der Waals surface area (Å²) in [7, 11) is 3.01. The minimum absolute atomic E-state index is 0.0676. The van der Waals surface area contributed by atoms with Crippen LogP contribution in [0.5, 0.6) is 0 Å². The van der Waals surface area contributed by atoms with E-state index in [0.717, 1.165) is 42.5 Å². The molecule has 2 saturated heterocycles. The average molecular weight is 739 g/mol. The Labute approximate surface area is 303 Å². The maximum Gasteiger partial charge on any atom is 0.330 e. The molecule has 2 amide bonds. The third-order valence-electron chi connectivity index (χ3n) is 10.2. The molecule has 17 nitrogen and oxygen atoms in total. The lowest BCUT2D eigenvalue weighted by Crippen LogP contribution is -2.59. The molecular formula is C35H58N6O11. The van der Waals surface area contributed by atoms with Gasteiger partial charge >= 0.3 is 5.69 Å². The first kappa shape index (κ1) is 41.8. The SMILES string of the molecule is CCCCCCCCCCCCCNC(=O)C1=CCN(C)[C@@H]([C@H](O[C@@H]2O[C@H](CN)[C@@H](O)[C@H]2O)[C@H]2O[C@@H](n3ccc(=O)[nH]c3=O)[C@H](O)[C@@H]2O)C(=O)N1C. The van der Waals surface area contributed by atoms with Crippen molar-refractivity contribution in [1.82, 2.24) is 24.7 Å². The lowest BCUT2D eigenvalue weighted by molar-refractivity contribution is -0.232. The fourth-order valence-electron chi connectivity index (χ4n) is 7.03. The highest BCUT2D eigenvalue weighted by Crippen LogP contribution is 2.36. The molecule has 1 aromatic heterocycles. The van der Waals surface area contributed by atoms with Gasteiger partial charge in [0, 0.05) is 38.9 Å². The van der Waals surface area contributed by atoms with Crippen molar-refractivity contribution >= 4 is 11.8 Å². The van der Waals surface area contributed by atoms with Crippen molar-refractivity contribution in [3.63, 3.8) is 0 Å². The summed E-state index contributed by atoms with van der Waals surface area (Å²) in [5.41, 5.74) is 4.19. The Kier molecular flexibility index (Phi) is 16.0. The van der Waals surface area contributed by atoms with Crippen LogP contribution in [0.3, 0.4) is 0 Å². The van der Waals surface area contributed by atoms with E-state index in [1.165, 1.54) is 56.9 Å². The van der Waals surface area contributed by atoms with Crippen molar-refractivity contribution < 1.29 is 44.2 Å². The summed E-state index contributed by atoms with van der Waals surface area (Å²) in [5, 5.41) is 46.4. The summed E-state index contributed by atoms with van der Waals surface area (Å²) in [5.74, 6) is -1.08. The predicted octanol–water partition coefficient (Wildman–Crippen LogP) is -0.970. The number of hydrogen-bond donors (Lipinski definition) is 7. The molecule has 10 atom stereocenters. The number of H-pyrrole nitrogens is 1. The van der Waals surface area contributed by atoms with Gasteiger partial charge in [0.25, 0.3) is 11.5 Å². The number of ether oxygens (including phenoxy) is 3. The fraction of sp³-hybridized carbons (Fsp3) is 0.771. The molecular weight excluding hydrogens is 680 g/mol. The van der Waals surface area contributed by atoms with E-state index in [2.05, 4.69) is 17.2 Å². The second kappa shape index (κ2) is 19.9. The molecule has 2 fully saturated rings. The smallest absolute Gasteiger partial charge is 0.330 e. The van der Waals surface area contributed by atoms with Crippen LogP contribution in [-0.4, -0.2) is 140 Å². The summed E-state index contributed by atoms with van der Waals surface area (Å²) in [6, 6.07) is -0.268. The number of nitrogens with two attached hydrogens (primary N) is 1. The van der Waals surface area contributed by atoms with E-state index < -0.39 is 84.4 Å². The van der Waals surface area contributed by atoms with Gasteiger partial charge in [-0.2, -0.15) is 0 Å². The molecule has 8 N–H and O–H groups in total. The highest BCUT2D eigenvalue weighted by Gasteiger charge is 2.55. The van der Waals surface area contributed by atoms with E-state index in [0.29, 0.717) is 6.54 Å². The van der Waals surface area contributed by atoms with Crippen molar-refractivity contribution in [1.29, 1.82) is 0 Å². The van der Waals surface area contributed by atoms with Gasteiger partial charge in [0.1, 0.15) is 54.5 Å². The van der Waals surface area contributed by atoms with Crippen LogP contribution in [0.15, 0.2) is 33.6 Å². The topological polar surface area (TPSA) is 242 Å². The average Bonchev–Trinajstić information content (AvgIpc) is 3.52. The Morgan fingerprint density at radius 3 is 2.17 bits per heavy atom. The number of aromatic amines is 1. The standard InChI is InChI=1S/C35H58N6O11/c1-4-5-6-7-8-9-10-11-12-13-14-17-37-31(47)21-15-18-39(2)24(32(48)40(21)3)29(52-34-28(46)25(43)22(20-36)50-34)30-26(44)27(45)33(51-30)41-19-16-23(42)38-35(41)49/h15-16,19,22,24-30,33-34,43-46H,4-14,17-18,20,36H2,1-3H3,(H,37,47)(H,38,42,49)/t22-,24+,25-,26+,27-,28-,29+,30+,33-,34+/m1/s1. The lowest BCUT2D eigenvalue weighted by atomic mass is 9.97. The van der Waals surface area contributed by atoms with E-state index in [-0.39, 0.29) is 18.8 Å². The molecule has 0 aromatic carbocycles. The number of hydrogen-bond acceptors (Lipinski definition) is 13. The second-order valence-electron chi connectivity index (χ2n) is 14.0. The highest BCUT2D eigenvalue weighted by atomic mass is 16.7. The van der Waals surface area contributed by atoms with Crippen LogP contribution in [0, 0.1) is 0 Å². The number of amides is 2. The van der Waals surface area contributed by atoms with Crippen LogP contribution < -0.4 is 22.3 Å². The van der Waals surface area contributed by atoms with Crippen LogP contribution in [0.4, 0.5) is 0 Å². The van der Waals surface area contributed by atoms with Crippen molar-refractivity contribution in [2.24, 2.45) is 5.73 Å². The number of rotatable bonds is 19. The Hall–Kier alpha value is -3.00. The first-order chi connectivity index (χ1) is 24.9. The molecule has 0 radical (unpaired) electrons. The molecule has 1 aromatic rings. The number of aromatic nitrogens is 2. The van der Waals surface area contributed by atoms with Gasteiger partial charge in [-0.3, -0.25) is 28.8 Å². The predicted molar refractivity (Wildman–Crippen MR) is 189 cm³/mol. The van der Waals surface area contributed by atoms with Gasteiger partial charge < -0.3 is 50.6 Å². The third-order valence-corrected chi connectivity index (χ3v) is 10.2. The highest BCUT2D eigenvalue weighted by molar-refractivity contribution is 5.99. The molecule has 17 heteroatoms. The van der Waals surface area contributed by atoms with Crippen molar-refractivity contribution in [2.75, 3.05) is 33.7 Å². The zero-order valence-electron chi connectivity index (χ0n) is 30.5. The molecule has 0 spiro atoms. The summed E-state index contributed by atoms with van der Waals surface area (Å²) in [6.07, 6.45) is 2.02. The summed E-state index contributed by atoms with van der Waals surface area (Å²) >= 11 is 0. The molecule has 0 saturated carbocycles. The lowest BCUT2D eigenvalue weighted by Gasteiger charge is -2.38. The maximum atomic E-state index is 14.2.